The first kappa shape index (κ1) is 15.4. The second-order valence-electron chi connectivity index (χ2n) is 5.99. The van der Waals surface area contributed by atoms with Gasteiger partial charge in [-0.25, -0.2) is 8.78 Å². The molecule has 1 aromatic carbocycles. The first-order valence-electron chi connectivity index (χ1n) is 7.22. The number of rotatable bonds is 4. The van der Waals surface area contributed by atoms with E-state index in [0.717, 1.165) is 25.3 Å². The van der Waals surface area contributed by atoms with Crippen molar-refractivity contribution in [3.05, 3.63) is 35.4 Å². The van der Waals surface area contributed by atoms with Crippen molar-refractivity contribution in [1.29, 1.82) is 0 Å². The van der Waals surface area contributed by atoms with Gasteiger partial charge < -0.3 is 10.5 Å². The van der Waals surface area contributed by atoms with E-state index in [0.29, 0.717) is 17.9 Å². The van der Waals surface area contributed by atoms with Gasteiger partial charge in [-0.2, -0.15) is 0 Å². The van der Waals surface area contributed by atoms with Gasteiger partial charge >= 0.3 is 0 Å². The van der Waals surface area contributed by atoms with Crippen LogP contribution in [0.1, 0.15) is 38.2 Å². The van der Waals surface area contributed by atoms with Crippen LogP contribution in [0.25, 0.3) is 0 Å². The third-order valence-corrected chi connectivity index (χ3v) is 4.54. The van der Waals surface area contributed by atoms with Gasteiger partial charge in [0.05, 0.1) is 5.60 Å². The quantitative estimate of drug-likeness (QED) is 0.919. The van der Waals surface area contributed by atoms with E-state index in [1.807, 2.05) is 0 Å². The molecule has 0 amide bonds. The smallest absolute Gasteiger partial charge is 0.162 e. The fraction of sp³-hybridized carbons (Fsp3) is 0.625. The molecule has 2 nitrogen and oxygen atoms in total. The van der Waals surface area contributed by atoms with Crippen LogP contribution in [0, 0.1) is 17.6 Å². The normalized spacial score (nSPS) is 28.4. The second kappa shape index (κ2) is 6.19. The molecular formula is C16H23F2NO. The van der Waals surface area contributed by atoms with Crippen molar-refractivity contribution in [1.82, 2.24) is 0 Å². The Kier molecular flexibility index (Phi) is 4.76. The number of halogens is 2. The van der Waals surface area contributed by atoms with Gasteiger partial charge in [-0.05, 0) is 36.8 Å². The molecule has 1 saturated carbocycles. The van der Waals surface area contributed by atoms with Crippen molar-refractivity contribution in [2.24, 2.45) is 11.7 Å². The number of nitrogens with two attached hydrogens (primary N) is 1. The Hall–Kier alpha value is -1.00. The van der Waals surface area contributed by atoms with Crippen molar-refractivity contribution in [2.45, 2.75) is 50.7 Å². The summed E-state index contributed by atoms with van der Waals surface area (Å²) in [4.78, 5) is 0. The maximum Gasteiger partial charge on any atom is 0.162 e. The number of benzene rings is 1. The Balaban J connectivity index is 2.17. The van der Waals surface area contributed by atoms with E-state index in [2.05, 4.69) is 6.92 Å². The third kappa shape index (κ3) is 3.01. The van der Waals surface area contributed by atoms with Crippen LogP contribution in [0.3, 0.4) is 0 Å². The minimum absolute atomic E-state index is 0.296. The zero-order chi connectivity index (χ0) is 14.8. The molecule has 0 bridgehead atoms. The number of hydrogen-bond donors (Lipinski definition) is 1. The zero-order valence-electron chi connectivity index (χ0n) is 12.2. The van der Waals surface area contributed by atoms with Crippen molar-refractivity contribution >= 4 is 0 Å². The Morgan fingerprint density at radius 3 is 2.85 bits per heavy atom. The summed E-state index contributed by atoms with van der Waals surface area (Å²) in [5.41, 5.74) is 6.20. The standard InChI is InChI=1S/C16H23F2NO/c1-11-5-4-8-16(10-11,20-2)14(19)9-12-6-3-7-13(17)15(12)18/h3,6-7,11,14H,4-5,8-10,19H2,1-2H3. The summed E-state index contributed by atoms with van der Waals surface area (Å²) in [5, 5.41) is 0. The van der Waals surface area contributed by atoms with E-state index in [1.54, 1.807) is 13.2 Å². The second-order valence-corrected chi connectivity index (χ2v) is 5.99. The summed E-state index contributed by atoms with van der Waals surface area (Å²) < 4.78 is 32.7. The van der Waals surface area contributed by atoms with Crippen LogP contribution in [0.4, 0.5) is 8.78 Å². The number of ether oxygens (including phenoxy) is 1. The van der Waals surface area contributed by atoms with E-state index in [1.165, 1.54) is 12.5 Å². The van der Waals surface area contributed by atoms with Crippen molar-refractivity contribution < 1.29 is 13.5 Å². The summed E-state index contributed by atoms with van der Waals surface area (Å²) in [6.07, 6.45) is 4.29. The first-order chi connectivity index (χ1) is 9.48. The fourth-order valence-electron chi connectivity index (χ4n) is 3.35. The highest BCUT2D eigenvalue weighted by molar-refractivity contribution is 5.21. The maximum absolute atomic E-state index is 13.8. The molecule has 112 valence electrons. The van der Waals surface area contributed by atoms with Gasteiger partial charge in [-0.15, -0.1) is 0 Å². The first-order valence-corrected chi connectivity index (χ1v) is 7.22. The lowest BCUT2D eigenvalue weighted by atomic mass is 9.73. The molecule has 0 aliphatic heterocycles. The molecule has 1 fully saturated rings. The summed E-state index contributed by atoms with van der Waals surface area (Å²) in [6, 6.07) is 3.91. The predicted octanol–water partition coefficient (Wildman–Crippen LogP) is 3.43. The van der Waals surface area contributed by atoms with Crippen LogP contribution in [0.5, 0.6) is 0 Å². The molecule has 2 N–H and O–H groups in total. The van der Waals surface area contributed by atoms with Gasteiger partial charge in [-0.1, -0.05) is 31.9 Å². The molecule has 0 aromatic heterocycles. The van der Waals surface area contributed by atoms with Crippen LogP contribution < -0.4 is 5.73 Å². The Labute approximate surface area is 119 Å². The molecule has 0 spiro atoms. The van der Waals surface area contributed by atoms with Crippen LogP contribution in [-0.2, 0) is 11.2 Å². The Morgan fingerprint density at radius 1 is 1.45 bits per heavy atom. The van der Waals surface area contributed by atoms with Crippen LogP contribution >= 0.6 is 0 Å². The van der Waals surface area contributed by atoms with E-state index in [9.17, 15) is 8.78 Å². The van der Waals surface area contributed by atoms with E-state index in [-0.39, 0.29) is 6.04 Å². The monoisotopic (exact) mass is 283 g/mol. The molecular weight excluding hydrogens is 260 g/mol. The van der Waals surface area contributed by atoms with E-state index < -0.39 is 17.2 Å². The zero-order valence-corrected chi connectivity index (χ0v) is 12.2. The van der Waals surface area contributed by atoms with Crippen molar-refractivity contribution in [3.8, 4) is 0 Å². The molecule has 1 aliphatic carbocycles. The summed E-state index contributed by atoms with van der Waals surface area (Å²) in [5.74, 6) is -1.07. The molecule has 3 unspecified atom stereocenters. The lowest BCUT2D eigenvalue weighted by Crippen LogP contribution is -2.53. The molecule has 0 radical (unpaired) electrons. The number of hydrogen-bond acceptors (Lipinski definition) is 2. The summed E-state index contributed by atoms with van der Waals surface area (Å²) in [7, 11) is 1.67. The topological polar surface area (TPSA) is 35.2 Å². The van der Waals surface area contributed by atoms with Crippen LogP contribution in [0.15, 0.2) is 18.2 Å². The molecule has 1 aliphatic rings. The van der Waals surface area contributed by atoms with Gasteiger partial charge in [-0.3, -0.25) is 0 Å². The third-order valence-electron chi connectivity index (χ3n) is 4.54. The van der Waals surface area contributed by atoms with Gasteiger partial charge in [0.25, 0.3) is 0 Å². The summed E-state index contributed by atoms with van der Waals surface area (Å²) in [6.45, 7) is 2.18. The van der Waals surface area contributed by atoms with Gasteiger partial charge in [0, 0.05) is 13.2 Å². The van der Waals surface area contributed by atoms with Crippen LogP contribution in [-0.4, -0.2) is 18.8 Å². The predicted molar refractivity (Wildman–Crippen MR) is 75.4 cm³/mol. The Morgan fingerprint density at radius 2 is 2.20 bits per heavy atom. The van der Waals surface area contributed by atoms with Crippen LogP contribution in [0.2, 0.25) is 0 Å². The molecule has 20 heavy (non-hydrogen) atoms. The molecule has 3 atom stereocenters. The van der Waals surface area contributed by atoms with Gasteiger partial charge in [0.15, 0.2) is 11.6 Å². The maximum atomic E-state index is 13.8. The molecule has 0 heterocycles. The molecule has 2 rings (SSSR count). The number of methoxy groups -OCH3 is 1. The Bertz CT molecular complexity index is 466. The van der Waals surface area contributed by atoms with E-state index >= 15 is 0 Å². The minimum atomic E-state index is -0.821. The average Bonchev–Trinajstić information content (AvgIpc) is 2.43. The lowest BCUT2D eigenvalue weighted by Gasteiger charge is -2.43. The largest absolute Gasteiger partial charge is 0.377 e. The minimum Gasteiger partial charge on any atom is -0.377 e. The molecule has 0 saturated heterocycles. The van der Waals surface area contributed by atoms with E-state index in [4.69, 9.17) is 10.5 Å². The highest BCUT2D eigenvalue weighted by Gasteiger charge is 2.40. The average molecular weight is 283 g/mol. The molecule has 4 heteroatoms. The highest BCUT2D eigenvalue weighted by atomic mass is 19.2. The summed E-state index contributed by atoms with van der Waals surface area (Å²) >= 11 is 0. The fourth-order valence-corrected chi connectivity index (χ4v) is 3.35. The molecule has 1 aromatic rings. The van der Waals surface area contributed by atoms with Gasteiger partial charge in [0.1, 0.15) is 0 Å². The SMILES string of the molecule is COC1(C(N)Cc2cccc(F)c2F)CCCC(C)C1. The van der Waals surface area contributed by atoms with Crippen molar-refractivity contribution in [2.75, 3.05) is 7.11 Å². The van der Waals surface area contributed by atoms with Gasteiger partial charge in [0.2, 0.25) is 0 Å². The lowest BCUT2D eigenvalue weighted by molar-refractivity contribution is -0.0706. The van der Waals surface area contributed by atoms with Crippen molar-refractivity contribution in [3.63, 3.8) is 0 Å². The highest BCUT2D eigenvalue weighted by Crippen LogP contribution is 2.37.